The number of fused-ring (bicyclic) bond motifs is 1. The van der Waals surface area contributed by atoms with E-state index in [2.05, 4.69) is 20.5 Å². The van der Waals surface area contributed by atoms with Crippen LogP contribution in [0.15, 0.2) is 60.1 Å². The van der Waals surface area contributed by atoms with E-state index in [1.165, 1.54) is 29.5 Å². The van der Waals surface area contributed by atoms with Crippen LogP contribution in [-0.2, 0) is 4.79 Å². The Labute approximate surface area is 152 Å². The molecule has 26 heavy (non-hydrogen) atoms. The number of halogens is 1. The first-order chi connectivity index (χ1) is 12.7. The number of nitrogens with one attached hydrogen (secondary N) is 2. The van der Waals surface area contributed by atoms with Crippen LogP contribution in [0.1, 0.15) is 5.69 Å². The number of nitrogens with zero attached hydrogens (tertiary/aromatic N) is 2. The van der Waals surface area contributed by atoms with Crippen molar-refractivity contribution < 1.29 is 9.18 Å². The van der Waals surface area contributed by atoms with E-state index in [0.717, 1.165) is 21.5 Å². The highest BCUT2D eigenvalue weighted by Crippen LogP contribution is 2.24. The van der Waals surface area contributed by atoms with Gasteiger partial charge in [0.2, 0.25) is 5.91 Å². The predicted molar refractivity (Wildman–Crippen MR) is 101 cm³/mol. The number of para-hydroxylation sites is 1. The van der Waals surface area contributed by atoms with Crippen LogP contribution in [0.5, 0.6) is 0 Å². The summed E-state index contributed by atoms with van der Waals surface area (Å²) in [6, 6.07) is 11.7. The summed E-state index contributed by atoms with van der Waals surface area (Å²) in [6.07, 6.45) is 4.78. The molecule has 0 spiro atoms. The molecule has 0 fully saturated rings. The molecule has 5 nitrogen and oxygen atoms in total. The topological polar surface area (TPSA) is 70.7 Å². The number of benzene rings is 2. The van der Waals surface area contributed by atoms with E-state index in [-0.39, 0.29) is 11.7 Å². The van der Waals surface area contributed by atoms with Crippen molar-refractivity contribution in [3.63, 3.8) is 0 Å². The maximum Gasteiger partial charge on any atom is 0.248 e. The Hall–Kier alpha value is -3.32. The Morgan fingerprint density at radius 3 is 2.88 bits per heavy atom. The van der Waals surface area contributed by atoms with Crippen LogP contribution < -0.4 is 5.32 Å². The molecule has 4 aromatic rings. The van der Waals surface area contributed by atoms with E-state index in [9.17, 15) is 9.18 Å². The van der Waals surface area contributed by atoms with Gasteiger partial charge in [-0.25, -0.2) is 9.37 Å². The van der Waals surface area contributed by atoms with E-state index in [1.54, 1.807) is 24.4 Å². The van der Waals surface area contributed by atoms with E-state index in [4.69, 9.17) is 0 Å². The molecule has 0 atom stereocenters. The second-order valence-corrected chi connectivity index (χ2v) is 6.40. The van der Waals surface area contributed by atoms with E-state index >= 15 is 0 Å². The number of carbonyl (C=O) groups is 1. The summed E-state index contributed by atoms with van der Waals surface area (Å²) in [5.41, 5.74) is 2.96. The molecule has 1 amide bonds. The van der Waals surface area contributed by atoms with Crippen LogP contribution in [0.4, 0.5) is 10.1 Å². The lowest BCUT2D eigenvalue weighted by Crippen LogP contribution is -2.08. The second kappa shape index (κ2) is 6.89. The van der Waals surface area contributed by atoms with Gasteiger partial charge in [0.15, 0.2) is 0 Å². The van der Waals surface area contributed by atoms with Gasteiger partial charge < -0.3 is 5.32 Å². The zero-order valence-corrected chi connectivity index (χ0v) is 14.3. The first-order valence-electron chi connectivity index (χ1n) is 7.82. The summed E-state index contributed by atoms with van der Waals surface area (Å²) < 4.78 is 13.0. The molecule has 2 aromatic carbocycles. The molecular weight excluding hydrogens is 351 g/mol. The molecule has 2 aromatic heterocycles. The molecule has 128 valence electrons. The van der Waals surface area contributed by atoms with Crippen molar-refractivity contribution in [2.24, 2.45) is 0 Å². The Bertz CT molecular complexity index is 1100. The Morgan fingerprint density at radius 1 is 1.19 bits per heavy atom. The average molecular weight is 364 g/mol. The standard InChI is InChI=1S/C19H13FN4OS/c20-14-6-4-12(5-7-14)19-22-15(11-26-19)8-9-17(25)23-16-3-1-2-13-10-21-24-18(13)16/h1-11H,(H,21,24)(H,23,25)/b9-8+. The van der Waals surface area contributed by atoms with Crippen molar-refractivity contribution in [2.45, 2.75) is 0 Å². The molecule has 7 heteroatoms. The molecule has 0 aliphatic heterocycles. The predicted octanol–water partition coefficient (Wildman–Crippen LogP) is 4.48. The minimum Gasteiger partial charge on any atom is -0.321 e. The molecule has 0 radical (unpaired) electrons. The number of hydrogen-bond acceptors (Lipinski definition) is 4. The Kier molecular flexibility index (Phi) is 4.28. The molecule has 2 heterocycles. The van der Waals surface area contributed by atoms with Crippen molar-refractivity contribution in [3.8, 4) is 10.6 Å². The minimum atomic E-state index is -0.283. The van der Waals surface area contributed by atoms with Gasteiger partial charge in [-0.05, 0) is 36.4 Å². The van der Waals surface area contributed by atoms with Gasteiger partial charge in [-0.15, -0.1) is 11.3 Å². The zero-order valence-electron chi connectivity index (χ0n) is 13.4. The average Bonchev–Trinajstić information content (AvgIpc) is 3.30. The van der Waals surface area contributed by atoms with Gasteiger partial charge in [-0.2, -0.15) is 5.10 Å². The van der Waals surface area contributed by atoms with Crippen molar-refractivity contribution in [1.29, 1.82) is 0 Å². The summed E-state index contributed by atoms with van der Waals surface area (Å²) in [7, 11) is 0. The van der Waals surface area contributed by atoms with Crippen molar-refractivity contribution in [2.75, 3.05) is 5.32 Å². The Balaban J connectivity index is 1.47. The van der Waals surface area contributed by atoms with Gasteiger partial charge in [0, 0.05) is 22.4 Å². The summed E-state index contributed by atoms with van der Waals surface area (Å²) in [6.45, 7) is 0. The zero-order chi connectivity index (χ0) is 17.9. The largest absolute Gasteiger partial charge is 0.321 e. The molecule has 0 unspecified atom stereocenters. The highest BCUT2D eigenvalue weighted by atomic mass is 32.1. The smallest absolute Gasteiger partial charge is 0.248 e. The van der Waals surface area contributed by atoms with Crippen molar-refractivity contribution >= 4 is 39.9 Å². The quantitative estimate of drug-likeness (QED) is 0.525. The third-order valence-corrected chi connectivity index (χ3v) is 4.66. The van der Waals surface area contributed by atoms with Gasteiger partial charge >= 0.3 is 0 Å². The summed E-state index contributed by atoms with van der Waals surface area (Å²) in [5, 5.41) is 13.2. The number of thiazole rings is 1. The normalized spacial score (nSPS) is 11.3. The van der Waals surface area contributed by atoms with Crippen LogP contribution >= 0.6 is 11.3 Å². The lowest BCUT2D eigenvalue weighted by atomic mass is 10.2. The van der Waals surface area contributed by atoms with E-state index in [0.29, 0.717) is 11.4 Å². The summed E-state index contributed by atoms with van der Waals surface area (Å²) in [5.74, 6) is -0.544. The van der Waals surface area contributed by atoms with Crippen LogP contribution in [0.25, 0.3) is 27.6 Å². The summed E-state index contributed by atoms with van der Waals surface area (Å²) in [4.78, 5) is 16.6. The van der Waals surface area contributed by atoms with E-state index in [1.807, 2.05) is 23.6 Å². The second-order valence-electron chi connectivity index (χ2n) is 5.55. The lowest BCUT2D eigenvalue weighted by Gasteiger charge is -2.02. The minimum absolute atomic E-state index is 0.261. The molecule has 0 saturated heterocycles. The molecule has 0 saturated carbocycles. The molecule has 2 N–H and O–H groups in total. The maximum atomic E-state index is 13.0. The van der Waals surface area contributed by atoms with Crippen LogP contribution in [-0.4, -0.2) is 21.1 Å². The molecule has 0 bridgehead atoms. The van der Waals surface area contributed by atoms with Crippen LogP contribution in [0, 0.1) is 5.82 Å². The number of aromatic nitrogens is 3. The summed E-state index contributed by atoms with van der Waals surface area (Å²) >= 11 is 1.44. The number of anilines is 1. The monoisotopic (exact) mass is 364 g/mol. The van der Waals surface area contributed by atoms with Crippen LogP contribution in [0.2, 0.25) is 0 Å². The number of hydrogen-bond donors (Lipinski definition) is 2. The SMILES string of the molecule is O=C(/C=C/c1csc(-c2ccc(F)cc2)n1)Nc1cccc2cn[nH]c12. The van der Waals surface area contributed by atoms with Crippen LogP contribution in [0.3, 0.4) is 0 Å². The molecule has 0 aliphatic rings. The lowest BCUT2D eigenvalue weighted by molar-refractivity contribution is -0.111. The van der Waals surface area contributed by atoms with Gasteiger partial charge in [0.25, 0.3) is 0 Å². The highest BCUT2D eigenvalue weighted by Gasteiger charge is 2.06. The maximum absolute atomic E-state index is 13.0. The number of aromatic amines is 1. The fourth-order valence-corrected chi connectivity index (χ4v) is 3.29. The van der Waals surface area contributed by atoms with E-state index < -0.39 is 0 Å². The van der Waals surface area contributed by atoms with Crippen molar-refractivity contribution in [1.82, 2.24) is 15.2 Å². The molecule has 4 rings (SSSR count). The number of H-pyrrole nitrogens is 1. The number of amides is 1. The first-order valence-corrected chi connectivity index (χ1v) is 8.70. The van der Waals surface area contributed by atoms with Gasteiger partial charge in [-0.1, -0.05) is 12.1 Å². The molecular formula is C19H13FN4OS. The fourth-order valence-electron chi connectivity index (χ4n) is 2.50. The highest BCUT2D eigenvalue weighted by molar-refractivity contribution is 7.13. The van der Waals surface area contributed by atoms with Gasteiger partial charge in [-0.3, -0.25) is 9.89 Å². The third-order valence-electron chi connectivity index (χ3n) is 3.75. The molecule has 0 aliphatic carbocycles. The van der Waals surface area contributed by atoms with Gasteiger partial charge in [0.1, 0.15) is 10.8 Å². The van der Waals surface area contributed by atoms with Gasteiger partial charge in [0.05, 0.1) is 23.1 Å². The number of rotatable bonds is 4. The first kappa shape index (κ1) is 16.2. The van der Waals surface area contributed by atoms with Crippen molar-refractivity contribution in [3.05, 3.63) is 71.6 Å². The Morgan fingerprint density at radius 2 is 2.04 bits per heavy atom. The fraction of sp³-hybridized carbons (Fsp3) is 0. The number of carbonyl (C=O) groups excluding carboxylic acids is 1. The third kappa shape index (κ3) is 3.38.